The van der Waals surface area contributed by atoms with E-state index in [1.807, 2.05) is 13.0 Å². The highest BCUT2D eigenvalue weighted by molar-refractivity contribution is 7.91. The van der Waals surface area contributed by atoms with Crippen LogP contribution >= 0.6 is 0 Å². The second-order valence-electron chi connectivity index (χ2n) is 4.54. The van der Waals surface area contributed by atoms with Crippen LogP contribution in [0.2, 0.25) is 0 Å². The zero-order valence-electron chi connectivity index (χ0n) is 11.5. The van der Waals surface area contributed by atoms with Gasteiger partial charge in [0.1, 0.15) is 0 Å². The van der Waals surface area contributed by atoms with Gasteiger partial charge in [-0.25, -0.2) is 8.42 Å². The molecule has 2 rings (SSSR count). The molecule has 21 heavy (non-hydrogen) atoms. The van der Waals surface area contributed by atoms with Gasteiger partial charge in [-0.2, -0.15) is 0 Å². The third-order valence-corrected chi connectivity index (χ3v) is 4.68. The number of hydrogen-bond donors (Lipinski definition) is 1. The molecule has 2 aromatic rings. The number of benzene rings is 2. The maximum absolute atomic E-state index is 12.5. The van der Waals surface area contributed by atoms with E-state index in [1.54, 1.807) is 30.3 Å². The molecule has 0 bridgehead atoms. The van der Waals surface area contributed by atoms with Crippen molar-refractivity contribution in [2.45, 2.75) is 16.7 Å². The molecule has 0 radical (unpaired) electrons. The molecule has 0 fully saturated rings. The van der Waals surface area contributed by atoms with E-state index < -0.39 is 9.84 Å². The maximum atomic E-state index is 12.5. The Labute approximate surface area is 124 Å². The lowest BCUT2D eigenvalue weighted by Gasteiger charge is -2.07. The number of rotatable bonds is 4. The van der Waals surface area contributed by atoms with Crippen molar-refractivity contribution in [3.05, 3.63) is 66.7 Å². The molecule has 1 N–H and O–H groups in total. The van der Waals surface area contributed by atoms with E-state index in [-0.39, 0.29) is 15.7 Å². The first-order valence-electron chi connectivity index (χ1n) is 6.29. The number of sulfone groups is 1. The Morgan fingerprint density at radius 2 is 1.76 bits per heavy atom. The molecule has 108 valence electrons. The van der Waals surface area contributed by atoms with Gasteiger partial charge in [-0.05, 0) is 55.0 Å². The first-order valence-corrected chi connectivity index (χ1v) is 7.77. The van der Waals surface area contributed by atoms with E-state index in [4.69, 9.17) is 0 Å². The Kier molecular flexibility index (Phi) is 4.23. The van der Waals surface area contributed by atoms with E-state index in [0.29, 0.717) is 5.69 Å². The molecule has 0 heterocycles. The minimum absolute atomic E-state index is 0.185. The van der Waals surface area contributed by atoms with E-state index in [0.717, 1.165) is 11.6 Å². The highest BCUT2D eigenvalue weighted by Crippen LogP contribution is 2.23. The van der Waals surface area contributed by atoms with Crippen LogP contribution in [0.5, 0.6) is 0 Å². The van der Waals surface area contributed by atoms with Crippen LogP contribution in [0.25, 0.3) is 0 Å². The van der Waals surface area contributed by atoms with Crippen molar-refractivity contribution >= 4 is 21.4 Å². The van der Waals surface area contributed by atoms with Crippen LogP contribution in [0, 0.1) is 6.92 Å². The summed E-state index contributed by atoms with van der Waals surface area (Å²) >= 11 is 0. The Bertz CT molecular complexity index is 777. The summed E-state index contributed by atoms with van der Waals surface area (Å²) in [4.78, 5) is 11.6. The van der Waals surface area contributed by atoms with Gasteiger partial charge in [-0.15, -0.1) is 0 Å². The smallest absolute Gasteiger partial charge is 0.247 e. The minimum Gasteiger partial charge on any atom is -0.323 e. The van der Waals surface area contributed by atoms with Gasteiger partial charge in [-0.3, -0.25) is 4.79 Å². The number of carbonyl (C=O) groups excluding carboxylic acids is 1. The van der Waals surface area contributed by atoms with Crippen molar-refractivity contribution in [1.82, 2.24) is 0 Å². The molecule has 0 saturated carbocycles. The number of carbonyl (C=O) groups is 1. The second-order valence-corrected chi connectivity index (χ2v) is 6.49. The molecular weight excluding hydrogens is 286 g/mol. The predicted octanol–water partition coefficient (Wildman–Crippen LogP) is 2.95. The fourth-order valence-corrected chi connectivity index (χ4v) is 3.19. The van der Waals surface area contributed by atoms with E-state index in [9.17, 15) is 13.2 Å². The number of amides is 1. The lowest BCUT2D eigenvalue weighted by Crippen LogP contribution is -2.07. The van der Waals surface area contributed by atoms with Gasteiger partial charge in [0.25, 0.3) is 0 Å². The summed E-state index contributed by atoms with van der Waals surface area (Å²) in [5, 5.41) is 2.57. The largest absolute Gasteiger partial charge is 0.323 e. The van der Waals surface area contributed by atoms with Gasteiger partial charge in [0.05, 0.1) is 9.79 Å². The standard InChI is InChI=1S/C16H15NO3S/c1-3-16(18)17-13-7-9-14(10-8-13)21(19,20)15-6-4-5-12(2)11-15/h3-11H,1H2,2H3,(H,17,18). The van der Waals surface area contributed by atoms with Crippen LogP contribution in [0.15, 0.2) is 71.0 Å². The Morgan fingerprint density at radius 1 is 1.10 bits per heavy atom. The average molecular weight is 301 g/mol. The summed E-state index contributed by atoms with van der Waals surface area (Å²) in [6, 6.07) is 12.8. The molecule has 0 aliphatic heterocycles. The fraction of sp³-hybridized carbons (Fsp3) is 0.0625. The van der Waals surface area contributed by atoms with Crippen LogP contribution in [0.4, 0.5) is 5.69 Å². The first-order chi connectivity index (χ1) is 9.93. The molecule has 0 aromatic heterocycles. The Morgan fingerprint density at radius 3 is 2.33 bits per heavy atom. The molecule has 2 aromatic carbocycles. The summed E-state index contributed by atoms with van der Waals surface area (Å²) in [6.45, 7) is 5.19. The van der Waals surface area contributed by atoms with Crippen LogP contribution in [0.3, 0.4) is 0 Å². The van der Waals surface area contributed by atoms with Gasteiger partial charge in [0, 0.05) is 5.69 Å². The first kappa shape index (κ1) is 15.0. The van der Waals surface area contributed by atoms with Gasteiger partial charge < -0.3 is 5.32 Å². The van der Waals surface area contributed by atoms with Crippen molar-refractivity contribution < 1.29 is 13.2 Å². The quantitative estimate of drug-likeness (QED) is 0.883. The lowest BCUT2D eigenvalue weighted by molar-refractivity contribution is -0.111. The molecule has 0 saturated heterocycles. The van der Waals surface area contributed by atoms with Gasteiger partial charge in [-0.1, -0.05) is 18.7 Å². The van der Waals surface area contributed by atoms with Crippen LogP contribution < -0.4 is 5.32 Å². The maximum Gasteiger partial charge on any atom is 0.247 e. The normalized spacial score (nSPS) is 10.9. The van der Waals surface area contributed by atoms with Crippen molar-refractivity contribution in [1.29, 1.82) is 0 Å². The molecule has 0 unspecified atom stereocenters. The Balaban J connectivity index is 2.33. The SMILES string of the molecule is C=CC(=O)Nc1ccc(S(=O)(=O)c2cccc(C)c2)cc1. The minimum atomic E-state index is -3.55. The van der Waals surface area contributed by atoms with Crippen LogP contribution in [-0.4, -0.2) is 14.3 Å². The summed E-state index contributed by atoms with van der Waals surface area (Å²) in [5.41, 5.74) is 1.40. The van der Waals surface area contributed by atoms with E-state index in [2.05, 4.69) is 11.9 Å². The summed E-state index contributed by atoms with van der Waals surface area (Å²) in [5.74, 6) is -0.343. The molecule has 0 atom stereocenters. The zero-order chi connectivity index (χ0) is 15.5. The fourth-order valence-electron chi connectivity index (χ4n) is 1.83. The van der Waals surface area contributed by atoms with E-state index in [1.165, 1.54) is 12.1 Å². The molecule has 5 heteroatoms. The molecule has 4 nitrogen and oxygen atoms in total. The van der Waals surface area contributed by atoms with Crippen LogP contribution in [-0.2, 0) is 14.6 Å². The van der Waals surface area contributed by atoms with Crippen molar-refractivity contribution in [2.24, 2.45) is 0 Å². The molecule has 0 aliphatic carbocycles. The molecule has 0 spiro atoms. The van der Waals surface area contributed by atoms with Crippen LogP contribution in [0.1, 0.15) is 5.56 Å². The summed E-state index contributed by atoms with van der Waals surface area (Å²) < 4.78 is 24.9. The summed E-state index contributed by atoms with van der Waals surface area (Å²) in [7, 11) is -3.55. The molecule has 1 amide bonds. The number of nitrogens with one attached hydrogen (secondary N) is 1. The average Bonchev–Trinajstić information content (AvgIpc) is 2.47. The van der Waals surface area contributed by atoms with Gasteiger partial charge in [0.2, 0.25) is 15.7 Å². The highest BCUT2D eigenvalue weighted by Gasteiger charge is 2.17. The highest BCUT2D eigenvalue weighted by atomic mass is 32.2. The zero-order valence-corrected chi connectivity index (χ0v) is 12.4. The number of aryl methyl sites for hydroxylation is 1. The Hall–Kier alpha value is -2.40. The predicted molar refractivity (Wildman–Crippen MR) is 81.9 cm³/mol. The number of hydrogen-bond acceptors (Lipinski definition) is 3. The topological polar surface area (TPSA) is 63.2 Å². The molecular formula is C16H15NO3S. The second kappa shape index (κ2) is 5.93. The lowest BCUT2D eigenvalue weighted by atomic mass is 10.2. The monoisotopic (exact) mass is 301 g/mol. The molecule has 0 aliphatic rings. The van der Waals surface area contributed by atoms with Crippen molar-refractivity contribution in [2.75, 3.05) is 5.32 Å². The van der Waals surface area contributed by atoms with Crippen molar-refractivity contribution in [3.8, 4) is 0 Å². The van der Waals surface area contributed by atoms with Gasteiger partial charge in [0.15, 0.2) is 0 Å². The summed E-state index contributed by atoms with van der Waals surface area (Å²) in [6.07, 6.45) is 1.15. The third kappa shape index (κ3) is 3.38. The van der Waals surface area contributed by atoms with Gasteiger partial charge >= 0.3 is 0 Å². The number of anilines is 1. The third-order valence-electron chi connectivity index (χ3n) is 2.92. The van der Waals surface area contributed by atoms with E-state index >= 15 is 0 Å². The van der Waals surface area contributed by atoms with Crippen molar-refractivity contribution in [3.63, 3.8) is 0 Å².